The van der Waals surface area contributed by atoms with Gasteiger partial charge >= 0.3 is 0 Å². The molecule has 0 saturated heterocycles. The second kappa shape index (κ2) is 6.28. The van der Waals surface area contributed by atoms with Gasteiger partial charge < -0.3 is 16.3 Å². The number of carbonyl (C=O) groups excluding carboxylic acids is 1. The Balaban J connectivity index is 2.22. The highest BCUT2D eigenvalue weighted by molar-refractivity contribution is 6.31. The Kier molecular flexibility index (Phi) is 4.45. The number of nitrogens with two attached hydrogens (primary N) is 1. The summed E-state index contributed by atoms with van der Waals surface area (Å²) >= 11 is 6.02. The van der Waals surface area contributed by atoms with Crippen LogP contribution in [-0.4, -0.2) is 17.0 Å². The molecule has 0 spiro atoms. The molecule has 4 N–H and O–H groups in total. The minimum Gasteiger partial charge on any atom is -0.409 e. The van der Waals surface area contributed by atoms with Gasteiger partial charge in [0.15, 0.2) is 5.84 Å². The number of rotatable bonds is 3. The Labute approximate surface area is 127 Å². The number of nitrogens with one attached hydrogen (secondary N) is 1. The van der Waals surface area contributed by atoms with Gasteiger partial charge in [-0.1, -0.05) is 35.0 Å². The van der Waals surface area contributed by atoms with Gasteiger partial charge in [-0.3, -0.25) is 4.79 Å². The minimum absolute atomic E-state index is 0.0527. The summed E-state index contributed by atoms with van der Waals surface area (Å²) in [5.41, 5.74) is 7.90. The summed E-state index contributed by atoms with van der Waals surface area (Å²) in [5, 5.41) is 14.9. The Morgan fingerprint density at radius 2 is 1.95 bits per heavy atom. The molecular formula is C15H14ClN3O2. The number of amidine groups is 1. The molecule has 0 heterocycles. The second-order valence-corrected chi connectivity index (χ2v) is 4.89. The molecule has 0 unspecified atom stereocenters. The van der Waals surface area contributed by atoms with Crippen molar-refractivity contribution in [2.45, 2.75) is 6.92 Å². The van der Waals surface area contributed by atoms with Gasteiger partial charge in [0.2, 0.25) is 0 Å². The van der Waals surface area contributed by atoms with Gasteiger partial charge in [0, 0.05) is 21.8 Å². The lowest BCUT2D eigenvalue weighted by Crippen LogP contribution is -2.16. The van der Waals surface area contributed by atoms with Gasteiger partial charge in [-0.2, -0.15) is 0 Å². The lowest BCUT2D eigenvalue weighted by molar-refractivity contribution is 0.102. The van der Waals surface area contributed by atoms with Gasteiger partial charge in [0.25, 0.3) is 5.91 Å². The van der Waals surface area contributed by atoms with E-state index in [1.54, 1.807) is 36.4 Å². The molecule has 2 aromatic carbocycles. The van der Waals surface area contributed by atoms with Gasteiger partial charge in [0.1, 0.15) is 0 Å². The summed E-state index contributed by atoms with van der Waals surface area (Å²) in [6.07, 6.45) is 0. The number of amides is 1. The lowest BCUT2D eigenvalue weighted by atomic mass is 10.1. The number of aryl methyl sites for hydroxylation is 1. The molecule has 0 aliphatic rings. The maximum Gasteiger partial charge on any atom is 0.255 e. The van der Waals surface area contributed by atoms with Gasteiger partial charge in [-0.05, 0) is 36.8 Å². The predicted octanol–water partition coefficient (Wildman–Crippen LogP) is 3.00. The maximum absolute atomic E-state index is 12.2. The van der Waals surface area contributed by atoms with Crippen molar-refractivity contribution in [3.05, 3.63) is 64.2 Å². The fourth-order valence-corrected chi connectivity index (χ4v) is 1.93. The summed E-state index contributed by atoms with van der Waals surface area (Å²) in [7, 11) is 0. The minimum atomic E-state index is -0.303. The largest absolute Gasteiger partial charge is 0.409 e. The van der Waals surface area contributed by atoms with Crippen molar-refractivity contribution in [3.63, 3.8) is 0 Å². The fourth-order valence-electron chi connectivity index (χ4n) is 1.75. The molecule has 6 heteroatoms. The number of hydrogen-bond donors (Lipinski definition) is 3. The molecule has 0 radical (unpaired) electrons. The van der Waals surface area contributed by atoms with Crippen molar-refractivity contribution < 1.29 is 10.0 Å². The van der Waals surface area contributed by atoms with Crippen LogP contribution in [0.5, 0.6) is 0 Å². The summed E-state index contributed by atoms with van der Waals surface area (Å²) in [5.74, 6) is -0.356. The smallest absolute Gasteiger partial charge is 0.255 e. The van der Waals surface area contributed by atoms with Crippen LogP contribution >= 0.6 is 11.6 Å². The number of halogens is 1. The van der Waals surface area contributed by atoms with Crippen molar-refractivity contribution >= 4 is 29.0 Å². The first-order valence-corrected chi connectivity index (χ1v) is 6.54. The van der Waals surface area contributed by atoms with E-state index in [0.29, 0.717) is 21.8 Å². The van der Waals surface area contributed by atoms with Crippen molar-refractivity contribution in [2.24, 2.45) is 10.9 Å². The summed E-state index contributed by atoms with van der Waals surface area (Å²) in [6.45, 7) is 1.88. The Morgan fingerprint density at radius 1 is 1.24 bits per heavy atom. The molecule has 0 aliphatic carbocycles. The third kappa shape index (κ3) is 3.52. The number of hydrogen-bond acceptors (Lipinski definition) is 3. The molecule has 0 saturated carbocycles. The number of nitrogens with zero attached hydrogens (tertiary/aromatic N) is 1. The highest BCUT2D eigenvalue weighted by Crippen LogP contribution is 2.20. The quantitative estimate of drug-likeness (QED) is 0.352. The highest BCUT2D eigenvalue weighted by Gasteiger charge is 2.09. The second-order valence-electron chi connectivity index (χ2n) is 4.48. The number of anilines is 1. The first-order chi connectivity index (χ1) is 10.0. The molecule has 108 valence electrons. The van der Waals surface area contributed by atoms with Gasteiger partial charge in [0.05, 0.1) is 0 Å². The normalized spacial score (nSPS) is 11.2. The van der Waals surface area contributed by atoms with Crippen LogP contribution in [0.2, 0.25) is 5.02 Å². The van der Waals surface area contributed by atoms with E-state index in [0.717, 1.165) is 5.56 Å². The SMILES string of the molecule is Cc1ccc(NC(=O)c2cccc(/C(N)=N/O)c2)cc1Cl. The highest BCUT2D eigenvalue weighted by atomic mass is 35.5. The number of benzene rings is 2. The zero-order valence-corrected chi connectivity index (χ0v) is 12.1. The molecular weight excluding hydrogens is 290 g/mol. The van der Waals surface area contributed by atoms with E-state index in [4.69, 9.17) is 22.5 Å². The molecule has 1 amide bonds. The molecule has 2 aromatic rings. The molecule has 0 atom stereocenters. The van der Waals surface area contributed by atoms with E-state index in [2.05, 4.69) is 10.5 Å². The summed E-state index contributed by atoms with van der Waals surface area (Å²) < 4.78 is 0. The van der Waals surface area contributed by atoms with Crippen molar-refractivity contribution in [3.8, 4) is 0 Å². The predicted molar refractivity (Wildman–Crippen MR) is 83.1 cm³/mol. The fraction of sp³-hybridized carbons (Fsp3) is 0.0667. The molecule has 0 bridgehead atoms. The average Bonchev–Trinajstić information content (AvgIpc) is 2.50. The van der Waals surface area contributed by atoms with Gasteiger partial charge in [-0.15, -0.1) is 0 Å². The Bertz CT molecular complexity index is 714. The van der Waals surface area contributed by atoms with Crippen LogP contribution in [0.4, 0.5) is 5.69 Å². The van der Waals surface area contributed by atoms with Crippen LogP contribution in [0.3, 0.4) is 0 Å². The maximum atomic E-state index is 12.2. The Hall–Kier alpha value is -2.53. The van der Waals surface area contributed by atoms with Crippen LogP contribution in [0, 0.1) is 6.92 Å². The van der Waals surface area contributed by atoms with E-state index in [-0.39, 0.29) is 11.7 Å². The van der Waals surface area contributed by atoms with Gasteiger partial charge in [-0.25, -0.2) is 0 Å². The number of oxime groups is 1. The molecule has 0 fully saturated rings. The van der Waals surface area contributed by atoms with Crippen molar-refractivity contribution in [1.82, 2.24) is 0 Å². The zero-order valence-electron chi connectivity index (χ0n) is 11.3. The average molecular weight is 304 g/mol. The molecule has 2 rings (SSSR count). The molecule has 0 aliphatic heterocycles. The van der Waals surface area contributed by atoms with E-state index in [1.807, 2.05) is 13.0 Å². The van der Waals surface area contributed by atoms with Crippen LogP contribution < -0.4 is 11.1 Å². The standard InChI is InChI=1S/C15H14ClN3O2/c1-9-5-6-12(8-13(9)16)18-15(20)11-4-2-3-10(7-11)14(17)19-21/h2-8,21H,1H3,(H2,17,19)(H,18,20). The Morgan fingerprint density at radius 3 is 2.62 bits per heavy atom. The first-order valence-electron chi connectivity index (χ1n) is 6.16. The van der Waals surface area contributed by atoms with Crippen molar-refractivity contribution in [2.75, 3.05) is 5.32 Å². The monoisotopic (exact) mass is 303 g/mol. The van der Waals surface area contributed by atoms with Crippen LogP contribution in [-0.2, 0) is 0 Å². The van der Waals surface area contributed by atoms with Crippen LogP contribution in [0.1, 0.15) is 21.5 Å². The lowest BCUT2D eigenvalue weighted by Gasteiger charge is -2.08. The molecule has 0 aromatic heterocycles. The number of carbonyl (C=O) groups is 1. The molecule has 21 heavy (non-hydrogen) atoms. The summed E-state index contributed by atoms with van der Waals surface area (Å²) in [4.78, 5) is 12.2. The molecule has 5 nitrogen and oxygen atoms in total. The van der Waals surface area contributed by atoms with E-state index in [1.165, 1.54) is 0 Å². The topological polar surface area (TPSA) is 87.7 Å². The van der Waals surface area contributed by atoms with E-state index >= 15 is 0 Å². The van der Waals surface area contributed by atoms with E-state index in [9.17, 15) is 4.79 Å². The third-order valence-electron chi connectivity index (χ3n) is 2.96. The first kappa shape index (κ1) is 14.9. The van der Waals surface area contributed by atoms with Crippen molar-refractivity contribution in [1.29, 1.82) is 0 Å². The van der Waals surface area contributed by atoms with Crippen LogP contribution in [0.25, 0.3) is 0 Å². The summed E-state index contributed by atoms with van der Waals surface area (Å²) in [6, 6.07) is 11.8. The van der Waals surface area contributed by atoms with Crippen LogP contribution in [0.15, 0.2) is 47.6 Å². The third-order valence-corrected chi connectivity index (χ3v) is 3.37. The zero-order chi connectivity index (χ0) is 15.4. The van der Waals surface area contributed by atoms with E-state index < -0.39 is 0 Å².